The summed E-state index contributed by atoms with van der Waals surface area (Å²) in [5.74, 6) is -0.392. The van der Waals surface area contributed by atoms with Crippen LogP contribution in [0.2, 0.25) is 0 Å². The van der Waals surface area contributed by atoms with Gasteiger partial charge in [-0.15, -0.1) is 0 Å². The first-order valence-electron chi connectivity index (χ1n) is 7.41. The first-order valence-corrected chi connectivity index (χ1v) is 7.41. The number of phenols is 2. The molecular weight excluding hydrogens is 304 g/mol. The maximum atomic E-state index is 12.3. The van der Waals surface area contributed by atoms with Gasteiger partial charge in [0.15, 0.2) is 0 Å². The number of amides is 1. The lowest BCUT2D eigenvalue weighted by molar-refractivity contribution is 0.0952. The van der Waals surface area contributed by atoms with Crippen molar-refractivity contribution in [1.29, 1.82) is 0 Å². The molecule has 5 heteroatoms. The molecular formula is C19H16N2O3. The minimum atomic E-state index is -0.489. The Morgan fingerprint density at radius 2 is 1.67 bits per heavy atom. The maximum Gasteiger partial charge on any atom is 0.275 e. The van der Waals surface area contributed by atoms with Gasteiger partial charge in [-0.1, -0.05) is 30.3 Å². The van der Waals surface area contributed by atoms with E-state index in [2.05, 4.69) is 10.5 Å². The predicted octanol–water partition coefficient (Wildman–Crippen LogP) is 3.41. The number of nitrogens with one attached hydrogen (secondary N) is 1. The zero-order chi connectivity index (χ0) is 17.1. The van der Waals surface area contributed by atoms with Crippen LogP contribution in [0.25, 0.3) is 10.8 Å². The Morgan fingerprint density at radius 1 is 0.958 bits per heavy atom. The minimum absolute atomic E-state index is 0.0666. The van der Waals surface area contributed by atoms with E-state index in [0.717, 1.165) is 10.9 Å². The van der Waals surface area contributed by atoms with Gasteiger partial charge in [-0.25, -0.2) is 5.43 Å². The summed E-state index contributed by atoms with van der Waals surface area (Å²) in [7, 11) is 0. The van der Waals surface area contributed by atoms with Crippen LogP contribution in [0.15, 0.2) is 65.8 Å². The monoisotopic (exact) mass is 320 g/mol. The summed E-state index contributed by atoms with van der Waals surface area (Å²) >= 11 is 0. The fourth-order valence-electron chi connectivity index (χ4n) is 2.40. The molecule has 3 aromatic rings. The fourth-order valence-corrected chi connectivity index (χ4v) is 2.40. The molecule has 5 nitrogen and oxygen atoms in total. The van der Waals surface area contributed by atoms with Crippen LogP contribution in [0.3, 0.4) is 0 Å². The molecule has 0 unspecified atom stereocenters. The van der Waals surface area contributed by atoms with E-state index in [1.54, 1.807) is 55.5 Å². The van der Waals surface area contributed by atoms with Crippen LogP contribution in [-0.2, 0) is 0 Å². The number of carbonyl (C=O) groups is 1. The molecule has 0 aliphatic rings. The summed E-state index contributed by atoms with van der Waals surface area (Å²) in [6.45, 7) is 1.74. The Kier molecular flexibility index (Phi) is 4.16. The molecule has 0 bridgehead atoms. The van der Waals surface area contributed by atoms with Gasteiger partial charge in [-0.3, -0.25) is 4.79 Å². The lowest BCUT2D eigenvalue weighted by atomic mass is 10.1. The molecule has 0 fully saturated rings. The van der Waals surface area contributed by atoms with Gasteiger partial charge in [-0.05, 0) is 48.2 Å². The topological polar surface area (TPSA) is 81.9 Å². The largest absolute Gasteiger partial charge is 0.508 e. The SMILES string of the molecule is CC(=NNC(=O)c1ccc2ccccc2c1O)c1ccc(O)cc1. The van der Waals surface area contributed by atoms with Gasteiger partial charge < -0.3 is 10.2 Å². The fraction of sp³-hybridized carbons (Fsp3) is 0.0526. The number of aromatic hydroxyl groups is 2. The van der Waals surface area contributed by atoms with Crippen molar-refractivity contribution in [3.8, 4) is 11.5 Å². The van der Waals surface area contributed by atoms with Crippen molar-refractivity contribution >= 4 is 22.4 Å². The smallest absolute Gasteiger partial charge is 0.275 e. The Bertz CT molecular complexity index is 931. The van der Waals surface area contributed by atoms with E-state index in [-0.39, 0.29) is 17.1 Å². The first kappa shape index (κ1) is 15.6. The standard InChI is InChI=1S/C19H16N2O3/c1-12(13-6-9-15(22)10-7-13)20-21-19(24)17-11-8-14-4-2-3-5-16(14)18(17)23/h2-11,22-23H,1H3,(H,21,24). The van der Waals surface area contributed by atoms with Gasteiger partial charge in [0.25, 0.3) is 5.91 Å². The van der Waals surface area contributed by atoms with Gasteiger partial charge in [-0.2, -0.15) is 5.10 Å². The molecule has 1 amide bonds. The molecule has 0 radical (unpaired) electrons. The van der Waals surface area contributed by atoms with Crippen molar-refractivity contribution in [2.45, 2.75) is 6.92 Å². The molecule has 0 aliphatic heterocycles. The summed E-state index contributed by atoms with van der Waals surface area (Å²) < 4.78 is 0. The van der Waals surface area contributed by atoms with E-state index in [9.17, 15) is 15.0 Å². The van der Waals surface area contributed by atoms with Crippen LogP contribution in [0, 0.1) is 0 Å². The molecule has 0 heterocycles. The Hall–Kier alpha value is -3.34. The number of nitrogens with zero attached hydrogens (tertiary/aromatic N) is 1. The highest BCUT2D eigenvalue weighted by atomic mass is 16.3. The number of fused-ring (bicyclic) bond motifs is 1. The molecule has 120 valence electrons. The van der Waals surface area contributed by atoms with Crippen LogP contribution in [-0.4, -0.2) is 21.8 Å². The average Bonchev–Trinajstić information content (AvgIpc) is 2.60. The normalized spacial score (nSPS) is 11.5. The van der Waals surface area contributed by atoms with Crippen LogP contribution < -0.4 is 5.43 Å². The predicted molar refractivity (Wildman–Crippen MR) is 93.4 cm³/mol. The number of phenolic OH excluding ortho intramolecular Hbond substituents is 2. The second-order valence-electron chi connectivity index (χ2n) is 5.37. The van der Waals surface area contributed by atoms with Crippen LogP contribution in [0.5, 0.6) is 11.5 Å². The lowest BCUT2D eigenvalue weighted by Gasteiger charge is -2.07. The summed E-state index contributed by atoms with van der Waals surface area (Å²) in [6.07, 6.45) is 0. The molecule has 0 atom stereocenters. The quantitative estimate of drug-likeness (QED) is 0.511. The van der Waals surface area contributed by atoms with Crippen LogP contribution in [0.1, 0.15) is 22.8 Å². The second kappa shape index (κ2) is 6.42. The first-order chi connectivity index (χ1) is 11.6. The minimum Gasteiger partial charge on any atom is -0.508 e. The van der Waals surface area contributed by atoms with E-state index in [4.69, 9.17) is 0 Å². The third kappa shape index (κ3) is 3.05. The zero-order valence-corrected chi connectivity index (χ0v) is 13.0. The van der Waals surface area contributed by atoms with E-state index in [0.29, 0.717) is 11.1 Å². The number of carbonyl (C=O) groups excluding carboxylic acids is 1. The highest BCUT2D eigenvalue weighted by Gasteiger charge is 2.13. The van der Waals surface area contributed by atoms with Gasteiger partial charge in [0.2, 0.25) is 0 Å². The van der Waals surface area contributed by atoms with Crippen molar-refractivity contribution in [3.63, 3.8) is 0 Å². The highest BCUT2D eigenvalue weighted by molar-refractivity contribution is 6.05. The molecule has 3 N–H and O–H groups in total. The van der Waals surface area contributed by atoms with E-state index >= 15 is 0 Å². The third-order valence-electron chi connectivity index (χ3n) is 3.76. The molecule has 3 rings (SSSR count). The van der Waals surface area contributed by atoms with E-state index in [1.165, 1.54) is 0 Å². The Labute approximate surface area is 138 Å². The average molecular weight is 320 g/mol. The second-order valence-corrected chi connectivity index (χ2v) is 5.37. The number of rotatable bonds is 3. The molecule has 0 aromatic heterocycles. The molecule has 24 heavy (non-hydrogen) atoms. The zero-order valence-electron chi connectivity index (χ0n) is 13.0. The van der Waals surface area contributed by atoms with Crippen LogP contribution in [0.4, 0.5) is 0 Å². The lowest BCUT2D eigenvalue weighted by Crippen LogP contribution is -2.19. The summed E-state index contributed by atoms with van der Waals surface area (Å²) in [5, 5.41) is 25.1. The number of hydrogen-bond acceptors (Lipinski definition) is 4. The van der Waals surface area contributed by atoms with Gasteiger partial charge >= 0.3 is 0 Å². The molecule has 0 saturated heterocycles. The van der Waals surface area contributed by atoms with Crippen molar-refractivity contribution in [1.82, 2.24) is 5.43 Å². The van der Waals surface area contributed by atoms with Gasteiger partial charge in [0.05, 0.1) is 11.3 Å². The number of hydrogen-bond donors (Lipinski definition) is 3. The molecule has 0 spiro atoms. The van der Waals surface area contributed by atoms with E-state index < -0.39 is 5.91 Å². The van der Waals surface area contributed by atoms with E-state index in [1.807, 2.05) is 12.1 Å². The Morgan fingerprint density at radius 3 is 2.42 bits per heavy atom. The van der Waals surface area contributed by atoms with Crippen molar-refractivity contribution in [2.24, 2.45) is 5.10 Å². The Balaban J connectivity index is 1.83. The van der Waals surface area contributed by atoms with Crippen LogP contribution >= 0.6 is 0 Å². The van der Waals surface area contributed by atoms with Crippen molar-refractivity contribution in [2.75, 3.05) is 0 Å². The molecule has 0 aliphatic carbocycles. The molecule has 3 aromatic carbocycles. The van der Waals surface area contributed by atoms with Crippen molar-refractivity contribution < 1.29 is 15.0 Å². The summed E-state index contributed by atoms with van der Waals surface area (Å²) in [6, 6.07) is 17.1. The van der Waals surface area contributed by atoms with Gasteiger partial charge in [0, 0.05) is 5.39 Å². The maximum absolute atomic E-state index is 12.3. The summed E-state index contributed by atoms with van der Waals surface area (Å²) in [4.78, 5) is 12.3. The van der Waals surface area contributed by atoms with Crippen molar-refractivity contribution in [3.05, 3.63) is 71.8 Å². The van der Waals surface area contributed by atoms with Gasteiger partial charge in [0.1, 0.15) is 11.5 Å². The number of benzene rings is 3. The summed E-state index contributed by atoms with van der Waals surface area (Å²) in [5.41, 5.74) is 3.97. The highest BCUT2D eigenvalue weighted by Crippen LogP contribution is 2.28. The molecule has 0 saturated carbocycles. The number of hydrazone groups is 1. The third-order valence-corrected chi connectivity index (χ3v) is 3.76.